The van der Waals surface area contributed by atoms with Gasteiger partial charge in [0.2, 0.25) is 0 Å². The maximum Gasteiger partial charge on any atom is 0.291 e. The molecule has 0 bridgehead atoms. The lowest BCUT2D eigenvalue weighted by Crippen LogP contribution is -2.21. The normalized spacial score (nSPS) is 11.0. The second kappa shape index (κ2) is 9.89. The molecule has 0 atom stereocenters. The maximum atomic E-state index is 12.2. The van der Waals surface area contributed by atoms with E-state index in [1.807, 2.05) is 36.4 Å². The Bertz CT molecular complexity index is 960. The van der Waals surface area contributed by atoms with E-state index < -0.39 is 0 Å². The first-order valence-electron chi connectivity index (χ1n) is 9.55. The molecule has 0 radical (unpaired) electrons. The molecule has 3 aromatic rings. The van der Waals surface area contributed by atoms with Gasteiger partial charge in [0, 0.05) is 30.0 Å². The minimum absolute atomic E-state index is 0.313. The van der Waals surface area contributed by atoms with Gasteiger partial charge in [-0.15, -0.1) is 0 Å². The molecule has 0 aliphatic rings. The highest BCUT2D eigenvalue weighted by Crippen LogP contribution is 2.14. The highest BCUT2D eigenvalue weighted by atomic mass is 35.5. The van der Waals surface area contributed by atoms with Crippen LogP contribution in [0.25, 0.3) is 0 Å². The van der Waals surface area contributed by atoms with Gasteiger partial charge in [-0.3, -0.25) is 9.48 Å². The fraction of sp³-hybridized carbons (Fsp3) is 0.227. The van der Waals surface area contributed by atoms with Crippen molar-refractivity contribution in [1.82, 2.24) is 15.2 Å². The molecule has 1 aromatic heterocycles. The highest BCUT2D eigenvalue weighted by Gasteiger charge is 2.08. The van der Waals surface area contributed by atoms with Crippen LogP contribution in [0.1, 0.15) is 35.5 Å². The highest BCUT2D eigenvalue weighted by molar-refractivity contribution is 6.30. The van der Waals surface area contributed by atoms with Crippen LogP contribution in [0.15, 0.2) is 65.9 Å². The number of nitrogens with one attached hydrogen (secondary N) is 1. The van der Waals surface area contributed by atoms with Crippen LogP contribution in [0, 0.1) is 0 Å². The number of benzene rings is 2. The van der Waals surface area contributed by atoms with Crippen molar-refractivity contribution >= 4 is 29.4 Å². The van der Waals surface area contributed by atoms with E-state index in [9.17, 15) is 4.79 Å². The summed E-state index contributed by atoms with van der Waals surface area (Å²) >= 11 is 5.90. The summed E-state index contributed by atoms with van der Waals surface area (Å²) in [7, 11) is 0. The molecule has 0 fully saturated rings. The first-order chi connectivity index (χ1) is 14.1. The van der Waals surface area contributed by atoms with E-state index in [2.05, 4.69) is 46.5 Å². The van der Waals surface area contributed by atoms with Gasteiger partial charge in [-0.05, 0) is 55.3 Å². The van der Waals surface area contributed by atoms with Crippen molar-refractivity contribution in [2.45, 2.75) is 20.4 Å². The summed E-state index contributed by atoms with van der Waals surface area (Å²) in [6, 6.07) is 17.2. The zero-order valence-corrected chi connectivity index (χ0v) is 17.3. The molecule has 29 heavy (non-hydrogen) atoms. The fourth-order valence-corrected chi connectivity index (χ4v) is 3.06. The van der Waals surface area contributed by atoms with Crippen LogP contribution in [0.4, 0.5) is 5.69 Å². The average molecular weight is 410 g/mol. The van der Waals surface area contributed by atoms with E-state index in [-0.39, 0.29) is 5.91 Å². The van der Waals surface area contributed by atoms with Crippen molar-refractivity contribution in [2.24, 2.45) is 5.10 Å². The Morgan fingerprint density at radius 1 is 1.10 bits per heavy atom. The Morgan fingerprint density at radius 3 is 2.45 bits per heavy atom. The lowest BCUT2D eigenvalue weighted by atomic mass is 10.2. The molecule has 1 N–H and O–H groups in total. The second-order valence-electron chi connectivity index (χ2n) is 6.49. The zero-order valence-electron chi connectivity index (χ0n) is 16.5. The van der Waals surface area contributed by atoms with E-state index in [1.165, 1.54) is 5.69 Å². The second-order valence-corrected chi connectivity index (χ2v) is 6.92. The van der Waals surface area contributed by atoms with E-state index in [1.54, 1.807) is 23.2 Å². The number of aromatic nitrogens is 2. The molecule has 0 aliphatic heterocycles. The zero-order chi connectivity index (χ0) is 20.6. The summed E-state index contributed by atoms with van der Waals surface area (Å²) in [4.78, 5) is 14.5. The SMILES string of the molecule is CCN(CC)c1ccc(/C=N\NC(=O)c2ccn(Cc3ccc(Cl)cc3)n2)cc1. The van der Waals surface area contributed by atoms with Crippen molar-refractivity contribution in [2.75, 3.05) is 18.0 Å². The molecule has 2 aromatic carbocycles. The van der Waals surface area contributed by atoms with Crippen LogP contribution in [0.3, 0.4) is 0 Å². The molecule has 0 aliphatic carbocycles. The molecule has 6 nitrogen and oxygen atoms in total. The lowest BCUT2D eigenvalue weighted by Gasteiger charge is -2.20. The summed E-state index contributed by atoms with van der Waals surface area (Å²) < 4.78 is 1.70. The monoisotopic (exact) mass is 409 g/mol. The summed E-state index contributed by atoms with van der Waals surface area (Å²) in [5.74, 6) is -0.351. The molecular formula is C22H24ClN5O. The molecule has 3 rings (SSSR count). The third-order valence-electron chi connectivity index (χ3n) is 4.53. The van der Waals surface area contributed by atoms with Crippen LogP contribution < -0.4 is 10.3 Å². The summed E-state index contributed by atoms with van der Waals surface area (Å²) in [5, 5.41) is 9.02. The largest absolute Gasteiger partial charge is 0.372 e. The smallest absolute Gasteiger partial charge is 0.291 e. The number of carbonyl (C=O) groups excluding carboxylic acids is 1. The summed E-state index contributed by atoms with van der Waals surface area (Å²) in [6.45, 7) is 6.75. The van der Waals surface area contributed by atoms with Crippen LogP contribution >= 0.6 is 11.6 Å². The molecular weight excluding hydrogens is 386 g/mol. The molecule has 1 amide bonds. The van der Waals surface area contributed by atoms with E-state index in [4.69, 9.17) is 11.6 Å². The molecule has 0 spiro atoms. The number of nitrogens with zero attached hydrogens (tertiary/aromatic N) is 4. The van der Waals surface area contributed by atoms with Crippen LogP contribution in [0.2, 0.25) is 5.02 Å². The topological polar surface area (TPSA) is 62.5 Å². The Hall–Kier alpha value is -3.12. The van der Waals surface area contributed by atoms with Gasteiger partial charge in [-0.2, -0.15) is 10.2 Å². The standard InChI is InChI=1S/C22H24ClN5O/c1-3-27(4-2)20-11-7-17(8-12-20)15-24-25-22(29)21-13-14-28(26-21)16-18-5-9-19(23)10-6-18/h5-15H,3-4,16H2,1-2H3,(H,25,29)/b24-15-. The fourth-order valence-electron chi connectivity index (χ4n) is 2.93. The van der Waals surface area contributed by atoms with Gasteiger partial charge in [0.15, 0.2) is 5.69 Å². The summed E-state index contributed by atoms with van der Waals surface area (Å²) in [5.41, 5.74) is 5.96. The number of carbonyl (C=O) groups is 1. The van der Waals surface area contributed by atoms with E-state index >= 15 is 0 Å². The Labute approximate surface area is 175 Å². The third-order valence-corrected chi connectivity index (χ3v) is 4.78. The van der Waals surface area contributed by atoms with Gasteiger partial charge < -0.3 is 4.90 Å². The predicted molar refractivity (Wildman–Crippen MR) is 118 cm³/mol. The first-order valence-corrected chi connectivity index (χ1v) is 9.93. The van der Waals surface area contributed by atoms with Crippen LogP contribution in [-0.2, 0) is 6.54 Å². The third kappa shape index (κ3) is 5.68. The van der Waals surface area contributed by atoms with Gasteiger partial charge in [0.25, 0.3) is 5.91 Å². The number of anilines is 1. The van der Waals surface area contributed by atoms with Crippen molar-refractivity contribution in [3.8, 4) is 0 Å². The minimum atomic E-state index is -0.351. The van der Waals surface area contributed by atoms with Gasteiger partial charge in [0.1, 0.15) is 0 Å². The van der Waals surface area contributed by atoms with Gasteiger partial charge >= 0.3 is 0 Å². The number of rotatable bonds is 8. The molecule has 150 valence electrons. The molecule has 0 unspecified atom stereocenters. The van der Waals surface area contributed by atoms with Gasteiger partial charge in [-0.25, -0.2) is 5.43 Å². The lowest BCUT2D eigenvalue weighted by molar-refractivity contribution is 0.0949. The van der Waals surface area contributed by atoms with Crippen LogP contribution in [0.5, 0.6) is 0 Å². The quantitative estimate of drug-likeness (QED) is 0.448. The number of hydrazone groups is 1. The Morgan fingerprint density at radius 2 is 1.79 bits per heavy atom. The van der Waals surface area contributed by atoms with E-state index in [0.717, 1.165) is 24.2 Å². The van der Waals surface area contributed by atoms with Crippen molar-refractivity contribution < 1.29 is 4.79 Å². The minimum Gasteiger partial charge on any atom is -0.372 e. The molecule has 7 heteroatoms. The van der Waals surface area contributed by atoms with Crippen LogP contribution in [-0.4, -0.2) is 35.0 Å². The molecule has 0 saturated carbocycles. The average Bonchev–Trinajstić information content (AvgIpc) is 3.20. The Balaban J connectivity index is 1.55. The van der Waals surface area contributed by atoms with Gasteiger partial charge in [0.05, 0.1) is 12.8 Å². The van der Waals surface area contributed by atoms with Crippen molar-refractivity contribution in [1.29, 1.82) is 0 Å². The number of halogens is 1. The first kappa shape index (κ1) is 20.6. The number of amides is 1. The van der Waals surface area contributed by atoms with Crippen molar-refractivity contribution in [3.05, 3.63) is 82.6 Å². The maximum absolute atomic E-state index is 12.2. The van der Waals surface area contributed by atoms with Crippen molar-refractivity contribution in [3.63, 3.8) is 0 Å². The summed E-state index contributed by atoms with van der Waals surface area (Å²) in [6.07, 6.45) is 3.38. The number of hydrogen-bond acceptors (Lipinski definition) is 4. The predicted octanol–water partition coefficient (Wildman–Crippen LogP) is 4.19. The molecule has 0 saturated heterocycles. The number of hydrogen-bond donors (Lipinski definition) is 1. The Kier molecular flexibility index (Phi) is 7.03. The van der Waals surface area contributed by atoms with Gasteiger partial charge in [-0.1, -0.05) is 35.9 Å². The van der Waals surface area contributed by atoms with E-state index in [0.29, 0.717) is 17.3 Å². The molecule has 1 heterocycles.